The summed E-state index contributed by atoms with van der Waals surface area (Å²) in [5, 5.41) is 6.73. The number of rotatable bonds is 5. The highest BCUT2D eigenvalue weighted by molar-refractivity contribution is 7.13. The average Bonchev–Trinajstić information content (AvgIpc) is 2.99. The fraction of sp³-hybridized carbons (Fsp3) is 0.529. The van der Waals surface area contributed by atoms with Crippen molar-refractivity contribution in [3.8, 4) is 10.7 Å². The van der Waals surface area contributed by atoms with Gasteiger partial charge in [0.25, 0.3) is 0 Å². The third kappa shape index (κ3) is 4.11. The zero-order valence-electron chi connectivity index (χ0n) is 12.6. The molecule has 0 aromatic carbocycles. The van der Waals surface area contributed by atoms with Gasteiger partial charge in [0.05, 0.1) is 11.4 Å². The molecule has 0 atom stereocenters. The molecule has 3 nitrogen and oxygen atoms in total. The molecule has 1 fully saturated rings. The van der Waals surface area contributed by atoms with Crippen LogP contribution in [0, 0.1) is 11.8 Å². The Hall–Kier alpha value is -1.26. The van der Waals surface area contributed by atoms with E-state index in [-0.39, 0.29) is 0 Å². The first-order chi connectivity index (χ1) is 10.3. The molecule has 0 radical (unpaired) electrons. The highest BCUT2D eigenvalue weighted by Crippen LogP contribution is 2.27. The van der Waals surface area contributed by atoms with Crippen molar-refractivity contribution in [2.24, 2.45) is 11.8 Å². The van der Waals surface area contributed by atoms with E-state index in [1.54, 1.807) is 11.3 Å². The molecule has 0 spiro atoms. The molecular formula is C17H23N3S. The minimum atomic E-state index is 0.857. The Bertz CT molecular complexity index is 544. The Morgan fingerprint density at radius 2 is 2.10 bits per heavy atom. The van der Waals surface area contributed by atoms with Crippen molar-refractivity contribution in [3.05, 3.63) is 35.5 Å². The summed E-state index contributed by atoms with van der Waals surface area (Å²) in [4.78, 5) is 9.02. The Balaban J connectivity index is 1.47. The molecule has 2 aromatic heterocycles. The summed E-state index contributed by atoms with van der Waals surface area (Å²) >= 11 is 1.68. The van der Waals surface area contributed by atoms with E-state index in [0.717, 1.165) is 41.3 Å². The normalized spacial score (nSPS) is 22.3. The van der Waals surface area contributed by atoms with Crippen LogP contribution in [-0.2, 0) is 6.54 Å². The lowest BCUT2D eigenvalue weighted by Gasteiger charge is -2.26. The van der Waals surface area contributed by atoms with Gasteiger partial charge in [-0.25, -0.2) is 4.98 Å². The van der Waals surface area contributed by atoms with Crippen molar-refractivity contribution < 1.29 is 0 Å². The van der Waals surface area contributed by atoms with Crippen LogP contribution in [0.25, 0.3) is 10.7 Å². The van der Waals surface area contributed by atoms with Crippen LogP contribution in [0.4, 0.5) is 0 Å². The number of hydrogen-bond acceptors (Lipinski definition) is 4. The Morgan fingerprint density at radius 3 is 2.86 bits per heavy atom. The van der Waals surface area contributed by atoms with E-state index in [0.29, 0.717) is 0 Å². The molecule has 1 aliphatic carbocycles. The smallest absolute Gasteiger partial charge is 0.142 e. The summed E-state index contributed by atoms with van der Waals surface area (Å²) in [6.45, 7) is 4.37. The highest BCUT2D eigenvalue weighted by Gasteiger charge is 2.17. The van der Waals surface area contributed by atoms with Crippen LogP contribution in [0.3, 0.4) is 0 Å². The van der Waals surface area contributed by atoms with Crippen LogP contribution in [0.1, 0.15) is 38.3 Å². The summed E-state index contributed by atoms with van der Waals surface area (Å²) in [5.41, 5.74) is 2.10. The molecule has 0 amide bonds. The zero-order valence-corrected chi connectivity index (χ0v) is 13.4. The van der Waals surface area contributed by atoms with Gasteiger partial charge in [-0.05, 0) is 43.4 Å². The highest BCUT2D eigenvalue weighted by atomic mass is 32.1. The first kappa shape index (κ1) is 14.7. The number of nitrogens with zero attached hydrogens (tertiary/aromatic N) is 2. The Labute approximate surface area is 130 Å². The van der Waals surface area contributed by atoms with Crippen molar-refractivity contribution in [1.82, 2.24) is 15.3 Å². The Morgan fingerprint density at radius 1 is 1.24 bits per heavy atom. The maximum atomic E-state index is 4.67. The molecule has 21 heavy (non-hydrogen) atoms. The van der Waals surface area contributed by atoms with Crippen LogP contribution in [0.2, 0.25) is 0 Å². The molecule has 2 aromatic rings. The van der Waals surface area contributed by atoms with Crippen molar-refractivity contribution in [1.29, 1.82) is 0 Å². The van der Waals surface area contributed by atoms with Gasteiger partial charge in [-0.15, -0.1) is 11.3 Å². The molecule has 1 aliphatic rings. The molecule has 2 heterocycles. The molecule has 3 rings (SSSR count). The van der Waals surface area contributed by atoms with Crippen LogP contribution in [0.5, 0.6) is 0 Å². The SMILES string of the molecule is CC1CCC(CNCc2csc(-c3ccccn3)n2)CC1. The standard InChI is InChI=1S/C17H23N3S/c1-13-5-7-14(8-6-13)10-18-11-15-12-21-17(20-15)16-4-2-3-9-19-16/h2-4,9,12-14,18H,5-8,10-11H2,1H3. The number of nitrogens with one attached hydrogen (secondary N) is 1. The summed E-state index contributed by atoms with van der Waals surface area (Å²) in [7, 11) is 0. The summed E-state index contributed by atoms with van der Waals surface area (Å²) in [6, 6.07) is 5.95. The molecule has 0 saturated heterocycles. The maximum Gasteiger partial charge on any atom is 0.142 e. The third-order valence-corrected chi connectivity index (χ3v) is 5.22. The second-order valence-electron chi connectivity index (χ2n) is 6.12. The fourth-order valence-electron chi connectivity index (χ4n) is 2.93. The molecular weight excluding hydrogens is 278 g/mol. The predicted octanol–water partition coefficient (Wildman–Crippen LogP) is 4.12. The Kier molecular flexibility index (Phi) is 4.99. The van der Waals surface area contributed by atoms with Crippen LogP contribution < -0.4 is 5.32 Å². The largest absolute Gasteiger partial charge is 0.311 e. The van der Waals surface area contributed by atoms with Gasteiger partial charge in [0.1, 0.15) is 5.01 Å². The molecule has 1 N–H and O–H groups in total. The number of pyridine rings is 1. The van der Waals surface area contributed by atoms with Gasteiger partial charge in [0.15, 0.2) is 0 Å². The van der Waals surface area contributed by atoms with E-state index in [2.05, 4.69) is 27.6 Å². The first-order valence-electron chi connectivity index (χ1n) is 7.88. The molecule has 1 saturated carbocycles. The lowest BCUT2D eigenvalue weighted by molar-refractivity contribution is 0.281. The van der Waals surface area contributed by atoms with E-state index in [9.17, 15) is 0 Å². The van der Waals surface area contributed by atoms with Gasteiger partial charge >= 0.3 is 0 Å². The molecule has 0 bridgehead atoms. The second-order valence-corrected chi connectivity index (χ2v) is 6.97. The molecule has 0 aliphatic heterocycles. The minimum absolute atomic E-state index is 0.857. The van der Waals surface area contributed by atoms with Crippen molar-refractivity contribution in [3.63, 3.8) is 0 Å². The zero-order chi connectivity index (χ0) is 14.5. The average molecular weight is 301 g/mol. The number of hydrogen-bond donors (Lipinski definition) is 1. The summed E-state index contributed by atoms with van der Waals surface area (Å²) in [6.07, 6.45) is 7.37. The number of thiazole rings is 1. The minimum Gasteiger partial charge on any atom is -0.311 e. The van der Waals surface area contributed by atoms with Crippen molar-refractivity contribution >= 4 is 11.3 Å². The quantitative estimate of drug-likeness (QED) is 0.902. The van der Waals surface area contributed by atoms with Gasteiger partial charge in [-0.1, -0.05) is 25.8 Å². The summed E-state index contributed by atoms with van der Waals surface area (Å²) in [5.74, 6) is 1.79. The van der Waals surface area contributed by atoms with Gasteiger partial charge in [-0.3, -0.25) is 4.98 Å². The van der Waals surface area contributed by atoms with Gasteiger partial charge in [-0.2, -0.15) is 0 Å². The fourth-order valence-corrected chi connectivity index (χ4v) is 3.73. The van der Waals surface area contributed by atoms with Crippen molar-refractivity contribution in [2.45, 2.75) is 39.2 Å². The van der Waals surface area contributed by atoms with Crippen LogP contribution >= 0.6 is 11.3 Å². The third-order valence-electron chi connectivity index (χ3n) is 4.31. The summed E-state index contributed by atoms with van der Waals surface area (Å²) < 4.78 is 0. The van der Waals surface area contributed by atoms with E-state index in [4.69, 9.17) is 0 Å². The topological polar surface area (TPSA) is 37.8 Å². The van der Waals surface area contributed by atoms with Gasteiger partial charge < -0.3 is 5.32 Å². The monoisotopic (exact) mass is 301 g/mol. The van der Waals surface area contributed by atoms with Crippen LogP contribution in [0.15, 0.2) is 29.8 Å². The van der Waals surface area contributed by atoms with E-state index >= 15 is 0 Å². The number of aromatic nitrogens is 2. The van der Waals surface area contributed by atoms with Crippen LogP contribution in [-0.4, -0.2) is 16.5 Å². The van der Waals surface area contributed by atoms with Gasteiger partial charge in [0.2, 0.25) is 0 Å². The second kappa shape index (κ2) is 7.14. The first-order valence-corrected chi connectivity index (χ1v) is 8.76. The molecule has 112 valence electrons. The van der Waals surface area contributed by atoms with E-state index in [1.165, 1.54) is 25.7 Å². The molecule has 4 heteroatoms. The van der Waals surface area contributed by atoms with E-state index < -0.39 is 0 Å². The van der Waals surface area contributed by atoms with Gasteiger partial charge in [0, 0.05) is 18.1 Å². The lowest BCUT2D eigenvalue weighted by atomic mass is 9.83. The maximum absolute atomic E-state index is 4.67. The lowest BCUT2D eigenvalue weighted by Crippen LogP contribution is -2.25. The van der Waals surface area contributed by atoms with Crippen molar-refractivity contribution in [2.75, 3.05) is 6.54 Å². The predicted molar refractivity (Wildman–Crippen MR) is 88.2 cm³/mol. The van der Waals surface area contributed by atoms with E-state index in [1.807, 2.05) is 24.4 Å². The molecule has 0 unspecified atom stereocenters.